The van der Waals surface area contributed by atoms with Crippen molar-refractivity contribution in [3.63, 3.8) is 0 Å². The second-order valence-electron chi connectivity index (χ2n) is 4.65. The molecule has 0 radical (unpaired) electrons. The van der Waals surface area contributed by atoms with Gasteiger partial charge in [-0.25, -0.2) is 0 Å². The molecule has 0 saturated carbocycles. The molecule has 1 aliphatic rings. The molecule has 0 spiro atoms. The molecule has 0 aromatic heterocycles. The van der Waals surface area contributed by atoms with Crippen molar-refractivity contribution in [1.29, 1.82) is 5.26 Å². The Kier molecular flexibility index (Phi) is 5.63. The Balaban J connectivity index is 2.09. The zero-order valence-corrected chi connectivity index (χ0v) is 12.7. The van der Waals surface area contributed by atoms with E-state index in [2.05, 4.69) is 5.32 Å². The summed E-state index contributed by atoms with van der Waals surface area (Å²) in [6, 6.07) is 6.87. The summed E-state index contributed by atoms with van der Waals surface area (Å²) >= 11 is 12.1. The minimum Gasteiger partial charge on any atom is -0.376 e. The lowest BCUT2D eigenvalue weighted by Crippen LogP contribution is -2.32. The number of ether oxygens (including phenoxy) is 1. The SMILES string of the molecule is N#C/C(=C/c1c(Cl)cccc1Cl)C(=O)NCC1CCCO1. The molecule has 0 bridgehead atoms. The van der Waals surface area contributed by atoms with Crippen LogP contribution in [-0.4, -0.2) is 25.2 Å². The van der Waals surface area contributed by atoms with E-state index in [0.717, 1.165) is 19.4 Å². The third-order valence-electron chi connectivity index (χ3n) is 3.17. The zero-order chi connectivity index (χ0) is 15.2. The molecule has 2 rings (SSSR count). The van der Waals surface area contributed by atoms with Gasteiger partial charge in [0.15, 0.2) is 0 Å². The summed E-state index contributed by atoms with van der Waals surface area (Å²) in [6.07, 6.45) is 3.34. The van der Waals surface area contributed by atoms with E-state index >= 15 is 0 Å². The highest BCUT2D eigenvalue weighted by Gasteiger charge is 2.18. The van der Waals surface area contributed by atoms with Crippen molar-refractivity contribution in [2.75, 3.05) is 13.2 Å². The van der Waals surface area contributed by atoms with Gasteiger partial charge in [0.2, 0.25) is 0 Å². The first kappa shape index (κ1) is 15.8. The molecule has 1 unspecified atom stereocenters. The summed E-state index contributed by atoms with van der Waals surface area (Å²) in [4.78, 5) is 12.0. The molecule has 1 aliphatic heterocycles. The number of halogens is 2. The number of hydrogen-bond acceptors (Lipinski definition) is 3. The fourth-order valence-electron chi connectivity index (χ4n) is 2.05. The number of carbonyl (C=O) groups is 1. The van der Waals surface area contributed by atoms with Crippen molar-refractivity contribution in [2.24, 2.45) is 0 Å². The number of nitrogens with zero attached hydrogens (tertiary/aromatic N) is 1. The molecule has 0 aliphatic carbocycles. The molecule has 1 saturated heterocycles. The number of nitriles is 1. The molecule has 4 nitrogen and oxygen atoms in total. The summed E-state index contributed by atoms with van der Waals surface area (Å²) in [7, 11) is 0. The molecule has 6 heteroatoms. The van der Waals surface area contributed by atoms with Gasteiger partial charge in [0, 0.05) is 28.8 Å². The normalized spacial score (nSPS) is 18.3. The van der Waals surface area contributed by atoms with E-state index in [-0.39, 0.29) is 11.7 Å². The number of carbonyl (C=O) groups excluding carboxylic acids is 1. The predicted molar refractivity (Wildman–Crippen MR) is 82.0 cm³/mol. The Morgan fingerprint density at radius 1 is 1.48 bits per heavy atom. The van der Waals surface area contributed by atoms with Crippen molar-refractivity contribution in [3.05, 3.63) is 39.4 Å². The lowest BCUT2D eigenvalue weighted by molar-refractivity contribution is -0.117. The number of nitrogens with one attached hydrogen (secondary N) is 1. The maximum atomic E-state index is 12.0. The average Bonchev–Trinajstić information content (AvgIpc) is 2.98. The molecule has 1 aromatic carbocycles. The smallest absolute Gasteiger partial charge is 0.262 e. The summed E-state index contributed by atoms with van der Waals surface area (Å²) in [6.45, 7) is 1.12. The second-order valence-corrected chi connectivity index (χ2v) is 5.46. The lowest BCUT2D eigenvalue weighted by atomic mass is 10.1. The highest BCUT2D eigenvalue weighted by Crippen LogP contribution is 2.26. The van der Waals surface area contributed by atoms with Crippen molar-refractivity contribution in [3.8, 4) is 6.07 Å². The third kappa shape index (κ3) is 4.21. The van der Waals surface area contributed by atoms with Gasteiger partial charge in [-0.3, -0.25) is 4.79 Å². The van der Waals surface area contributed by atoms with E-state index in [1.54, 1.807) is 18.2 Å². The van der Waals surface area contributed by atoms with Crippen molar-refractivity contribution in [2.45, 2.75) is 18.9 Å². The fraction of sp³-hybridized carbons (Fsp3) is 0.333. The van der Waals surface area contributed by atoms with Crippen LogP contribution in [0.15, 0.2) is 23.8 Å². The minimum absolute atomic E-state index is 0.0257. The van der Waals surface area contributed by atoms with Crippen LogP contribution < -0.4 is 5.32 Å². The Morgan fingerprint density at radius 3 is 2.76 bits per heavy atom. The first-order valence-corrected chi connectivity index (χ1v) is 7.33. The van der Waals surface area contributed by atoms with E-state index in [0.29, 0.717) is 22.2 Å². The number of rotatable bonds is 4. The van der Waals surface area contributed by atoms with Crippen molar-refractivity contribution >= 4 is 35.2 Å². The quantitative estimate of drug-likeness (QED) is 0.683. The van der Waals surface area contributed by atoms with E-state index in [1.807, 2.05) is 6.07 Å². The van der Waals surface area contributed by atoms with Gasteiger partial charge < -0.3 is 10.1 Å². The second kappa shape index (κ2) is 7.46. The van der Waals surface area contributed by atoms with Crippen molar-refractivity contribution in [1.82, 2.24) is 5.32 Å². The lowest BCUT2D eigenvalue weighted by Gasteiger charge is -2.10. The minimum atomic E-state index is -0.455. The van der Waals surface area contributed by atoms with Gasteiger partial charge in [-0.1, -0.05) is 29.3 Å². The van der Waals surface area contributed by atoms with Gasteiger partial charge in [0.25, 0.3) is 5.91 Å². The number of benzene rings is 1. The highest BCUT2D eigenvalue weighted by molar-refractivity contribution is 6.37. The van der Waals surface area contributed by atoms with Gasteiger partial charge in [0.1, 0.15) is 11.6 Å². The largest absolute Gasteiger partial charge is 0.376 e. The van der Waals surface area contributed by atoms with Crippen LogP contribution in [0.4, 0.5) is 0 Å². The Morgan fingerprint density at radius 2 is 2.19 bits per heavy atom. The van der Waals surface area contributed by atoms with Crippen LogP contribution in [0.1, 0.15) is 18.4 Å². The monoisotopic (exact) mass is 324 g/mol. The Labute approximate surface area is 133 Å². The Hall–Kier alpha value is -1.54. The van der Waals surface area contributed by atoms with Crippen LogP contribution >= 0.6 is 23.2 Å². The fourth-order valence-corrected chi connectivity index (χ4v) is 2.56. The third-order valence-corrected chi connectivity index (χ3v) is 3.83. The molecule has 1 atom stereocenters. The molecule has 1 heterocycles. The molecule has 1 N–H and O–H groups in total. The van der Waals surface area contributed by atoms with Gasteiger partial charge in [-0.2, -0.15) is 5.26 Å². The maximum Gasteiger partial charge on any atom is 0.262 e. The van der Waals surface area contributed by atoms with Gasteiger partial charge in [-0.15, -0.1) is 0 Å². The molecule has 21 heavy (non-hydrogen) atoms. The first-order valence-electron chi connectivity index (χ1n) is 6.57. The topological polar surface area (TPSA) is 62.1 Å². The zero-order valence-electron chi connectivity index (χ0n) is 11.2. The Bertz CT molecular complexity index is 582. The van der Waals surface area contributed by atoms with E-state index < -0.39 is 5.91 Å². The molecule has 1 fully saturated rings. The van der Waals surface area contributed by atoms with E-state index in [9.17, 15) is 4.79 Å². The number of amides is 1. The van der Waals surface area contributed by atoms with Crippen molar-refractivity contribution < 1.29 is 9.53 Å². The van der Waals surface area contributed by atoms with Gasteiger partial charge in [-0.05, 0) is 31.1 Å². The van der Waals surface area contributed by atoms with Crippen LogP contribution in [-0.2, 0) is 9.53 Å². The summed E-state index contributed by atoms with van der Waals surface area (Å²) in [5, 5.41) is 12.6. The summed E-state index contributed by atoms with van der Waals surface area (Å²) in [5.41, 5.74) is 0.424. The van der Waals surface area contributed by atoms with E-state index in [1.165, 1.54) is 6.08 Å². The summed E-state index contributed by atoms with van der Waals surface area (Å²) in [5.74, 6) is -0.455. The predicted octanol–water partition coefficient (Wildman–Crippen LogP) is 3.20. The van der Waals surface area contributed by atoms with Crippen LogP contribution in [0.5, 0.6) is 0 Å². The van der Waals surface area contributed by atoms with Gasteiger partial charge >= 0.3 is 0 Å². The summed E-state index contributed by atoms with van der Waals surface area (Å²) < 4.78 is 5.41. The van der Waals surface area contributed by atoms with Crippen LogP contribution in [0, 0.1) is 11.3 Å². The molecule has 1 aromatic rings. The molecular weight excluding hydrogens is 311 g/mol. The maximum absolute atomic E-state index is 12.0. The molecular formula is C15H14Cl2N2O2. The number of hydrogen-bond donors (Lipinski definition) is 1. The van der Waals surface area contributed by atoms with Crippen LogP contribution in [0.3, 0.4) is 0 Å². The van der Waals surface area contributed by atoms with Crippen LogP contribution in [0.2, 0.25) is 10.0 Å². The molecule has 110 valence electrons. The average molecular weight is 325 g/mol. The van der Waals surface area contributed by atoms with Crippen LogP contribution in [0.25, 0.3) is 6.08 Å². The van der Waals surface area contributed by atoms with E-state index in [4.69, 9.17) is 33.2 Å². The standard InChI is InChI=1S/C15H14Cl2N2O2/c16-13-4-1-5-14(17)12(13)7-10(8-18)15(20)19-9-11-3-2-6-21-11/h1,4-5,7,11H,2-3,6,9H2,(H,19,20)/b10-7-. The molecule has 1 amide bonds. The highest BCUT2D eigenvalue weighted by atomic mass is 35.5. The van der Waals surface area contributed by atoms with Gasteiger partial charge in [0.05, 0.1) is 6.10 Å². The first-order chi connectivity index (χ1) is 10.1.